The van der Waals surface area contributed by atoms with Crippen LogP contribution in [-0.2, 0) is 4.79 Å². The molecule has 24 heavy (non-hydrogen) atoms. The predicted molar refractivity (Wildman–Crippen MR) is 102 cm³/mol. The zero-order chi connectivity index (χ0) is 17.3. The smallest absolute Gasteiger partial charge is 0.232 e. The van der Waals surface area contributed by atoms with E-state index in [-0.39, 0.29) is 5.91 Å². The van der Waals surface area contributed by atoms with Crippen molar-refractivity contribution >= 4 is 28.6 Å². The van der Waals surface area contributed by atoms with E-state index in [0.717, 1.165) is 42.4 Å². The zero-order valence-electron chi connectivity index (χ0n) is 15.1. The van der Waals surface area contributed by atoms with Crippen molar-refractivity contribution in [1.82, 2.24) is 9.88 Å². The number of rotatable bonds is 3. The molecule has 1 aliphatic heterocycles. The quantitative estimate of drug-likeness (QED) is 0.770. The number of pyridine rings is 1. The molecule has 0 aliphatic carbocycles. The second kappa shape index (κ2) is 7.14. The maximum Gasteiger partial charge on any atom is 0.232 e. The van der Waals surface area contributed by atoms with Crippen molar-refractivity contribution in [3.63, 3.8) is 0 Å². The van der Waals surface area contributed by atoms with Crippen molar-refractivity contribution in [2.24, 2.45) is 5.92 Å². The van der Waals surface area contributed by atoms with Gasteiger partial charge in [0.25, 0.3) is 0 Å². The lowest BCUT2D eigenvalue weighted by Gasteiger charge is -2.30. The molecule has 128 valence electrons. The molecule has 0 saturated carbocycles. The van der Waals surface area contributed by atoms with Crippen LogP contribution < -0.4 is 0 Å². The largest absolute Gasteiger partial charge is 0.342 e. The number of hydrogen-bond donors (Lipinski definition) is 0. The molecule has 1 aliphatic rings. The number of aryl methyl sites for hydroxylation is 3. The van der Waals surface area contributed by atoms with Crippen LogP contribution in [0.1, 0.15) is 36.5 Å². The fourth-order valence-electron chi connectivity index (χ4n) is 3.37. The van der Waals surface area contributed by atoms with Gasteiger partial charge < -0.3 is 4.90 Å². The van der Waals surface area contributed by atoms with Crippen LogP contribution >= 0.6 is 11.8 Å². The standard InChI is InChI=1S/C20H26N2OS/c1-13-5-7-22(8-6-13)19(23)12-24-18-11-15(3)17-10-14(2)9-16(4)20(17)21-18/h9-11,13H,5-8,12H2,1-4H3. The zero-order valence-corrected chi connectivity index (χ0v) is 15.9. The molecule has 3 rings (SSSR count). The highest BCUT2D eigenvalue weighted by molar-refractivity contribution is 7.99. The summed E-state index contributed by atoms with van der Waals surface area (Å²) in [4.78, 5) is 19.2. The van der Waals surface area contributed by atoms with Gasteiger partial charge in [-0.15, -0.1) is 0 Å². The van der Waals surface area contributed by atoms with Gasteiger partial charge in [0.1, 0.15) is 0 Å². The lowest BCUT2D eigenvalue weighted by molar-refractivity contribution is -0.129. The number of piperidine rings is 1. The first kappa shape index (κ1) is 17.3. The molecule has 1 aromatic heterocycles. The highest BCUT2D eigenvalue weighted by Gasteiger charge is 2.20. The third kappa shape index (κ3) is 3.75. The highest BCUT2D eigenvalue weighted by atomic mass is 32.2. The fourth-order valence-corrected chi connectivity index (χ4v) is 4.24. The number of likely N-dealkylation sites (tertiary alicyclic amines) is 1. The van der Waals surface area contributed by atoms with Gasteiger partial charge in [-0.3, -0.25) is 4.79 Å². The Morgan fingerprint density at radius 1 is 1.17 bits per heavy atom. The van der Waals surface area contributed by atoms with Crippen LogP contribution in [-0.4, -0.2) is 34.6 Å². The van der Waals surface area contributed by atoms with Crippen molar-refractivity contribution < 1.29 is 4.79 Å². The summed E-state index contributed by atoms with van der Waals surface area (Å²) in [7, 11) is 0. The van der Waals surface area contributed by atoms with E-state index in [2.05, 4.69) is 45.9 Å². The monoisotopic (exact) mass is 342 g/mol. The maximum absolute atomic E-state index is 12.4. The van der Waals surface area contributed by atoms with Gasteiger partial charge in [-0.2, -0.15) is 0 Å². The molecule has 1 saturated heterocycles. The summed E-state index contributed by atoms with van der Waals surface area (Å²) >= 11 is 1.56. The number of fused-ring (bicyclic) bond motifs is 1. The Morgan fingerprint density at radius 2 is 1.88 bits per heavy atom. The number of carbonyl (C=O) groups is 1. The topological polar surface area (TPSA) is 33.2 Å². The summed E-state index contributed by atoms with van der Waals surface area (Å²) in [5.41, 5.74) is 4.75. The summed E-state index contributed by atoms with van der Waals surface area (Å²) in [6.07, 6.45) is 2.25. The normalized spacial score (nSPS) is 15.9. The van der Waals surface area contributed by atoms with Gasteiger partial charge in [0.05, 0.1) is 16.3 Å². The summed E-state index contributed by atoms with van der Waals surface area (Å²) in [6.45, 7) is 10.4. The molecule has 1 aromatic carbocycles. The molecular formula is C20H26N2OS. The van der Waals surface area contributed by atoms with Crippen LogP contribution in [0.2, 0.25) is 0 Å². The lowest BCUT2D eigenvalue weighted by Crippen LogP contribution is -2.38. The summed E-state index contributed by atoms with van der Waals surface area (Å²) < 4.78 is 0. The molecule has 3 nitrogen and oxygen atoms in total. The van der Waals surface area contributed by atoms with E-state index in [1.807, 2.05) is 4.90 Å². The van der Waals surface area contributed by atoms with Crippen molar-refractivity contribution in [3.05, 3.63) is 34.9 Å². The summed E-state index contributed by atoms with van der Waals surface area (Å²) in [5.74, 6) is 1.47. The molecule has 1 fully saturated rings. The second-order valence-electron chi connectivity index (χ2n) is 7.11. The number of benzene rings is 1. The van der Waals surface area contributed by atoms with E-state index in [1.54, 1.807) is 11.8 Å². The fraction of sp³-hybridized carbons (Fsp3) is 0.500. The third-order valence-corrected chi connectivity index (χ3v) is 5.81. The molecule has 4 heteroatoms. The number of amides is 1. The Balaban J connectivity index is 1.72. The number of carbonyl (C=O) groups excluding carboxylic acids is 1. The van der Waals surface area contributed by atoms with Gasteiger partial charge >= 0.3 is 0 Å². The third-order valence-electron chi connectivity index (χ3n) is 4.91. The molecule has 2 heterocycles. The SMILES string of the molecule is Cc1cc(C)c2nc(SCC(=O)N3CCC(C)CC3)cc(C)c2c1. The Kier molecular flexibility index (Phi) is 5.14. The van der Waals surface area contributed by atoms with Crippen LogP contribution in [0.3, 0.4) is 0 Å². The average molecular weight is 343 g/mol. The number of thioether (sulfide) groups is 1. The van der Waals surface area contributed by atoms with Gasteiger partial charge in [0.2, 0.25) is 5.91 Å². The van der Waals surface area contributed by atoms with Crippen LogP contribution in [0.15, 0.2) is 23.2 Å². The summed E-state index contributed by atoms with van der Waals surface area (Å²) in [5, 5.41) is 2.17. The Hall–Kier alpha value is -1.55. The van der Waals surface area contributed by atoms with Crippen LogP contribution in [0, 0.1) is 26.7 Å². The van der Waals surface area contributed by atoms with Gasteiger partial charge in [-0.1, -0.05) is 30.3 Å². The Labute approximate surface area is 148 Å². The summed E-state index contributed by atoms with van der Waals surface area (Å²) in [6, 6.07) is 6.47. The molecule has 0 spiro atoms. The number of aromatic nitrogens is 1. The van der Waals surface area contributed by atoms with Gasteiger partial charge in [-0.25, -0.2) is 4.98 Å². The molecule has 0 unspecified atom stereocenters. The van der Waals surface area contributed by atoms with Crippen LogP contribution in [0.4, 0.5) is 0 Å². The molecule has 0 bridgehead atoms. The Morgan fingerprint density at radius 3 is 2.58 bits per heavy atom. The van der Waals surface area contributed by atoms with Crippen molar-refractivity contribution in [3.8, 4) is 0 Å². The maximum atomic E-state index is 12.4. The number of nitrogens with zero attached hydrogens (tertiary/aromatic N) is 2. The van der Waals surface area contributed by atoms with E-state index < -0.39 is 0 Å². The van der Waals surface area contributed by atoms with Crippen molar-refractivity contribution in [1.29, 1.82) is 0 Å². The van der Waals surface area contributed by atoms with E-state index in [9.17, 15) is 4.79 Å². The van der Waals surface area contributed by atoms with Gasteiger partial charge in [0.15, 0.2) is 0 Å². The Bertz CT molecular complexity index is 764. The first-order valence-corrected chi connectivity index (χ1v) is 9.72. The predicted octanol–water partition coefficient (Wildman–Crippen LogP) is 4.51. The lowest BCUT2D eigenvalue weighted by atomic mass is 9.99. The molecule has 0 N–H and O–H groups in total. The molecular weight excluding hydrogens is 316 g/mol. The van der Waals surface area contributed by atoms with E-state index in [1.165, 1.54) is 22.1 Å². The van der Waals surface area contributed by atoms with Crippen molar-refractivity contribution in [2.75, 3.05) is 18.8 Å². The average Bonchev–Trinajstić information content (AvgIpc) is 2.54. The van der Waals surface area contributed by atoms with E-state index >= 15 is 0 Å². The van der Waals surface area contributed by atoms with Gasteiger partial charge in [-0.05, 0) is 62.8 Å². The molecule has 1 amide bonds. The minimum absolute atomic E-state index is 0.243. The first-order chi connectivity index (χ1) is 11.4. The molecule has 0 atom stereocenters. The molecule has 0 radical (unpaired) electrons. The first-order valence-electron chi connectivity index (χ1n) is 8.73. The van der Waals surface area contributed by atoms with E-state index in [4.69, 9.17) is 4.98 Å². The van der Waals surface area contributed by atoms with Crippen LogP contribution in [0.25, 0.3) is 10.9 Å². The minimum atomic E-state index is 0.243. The minimum Gasteiger partial charge on any atom is -0.342 e. The second-order valence-corrected chi connectivity index (χ2v) is 8.10. The van der Waals surface area contributed by atoms with Crippen LogP contribution in [0.5, 0.6) is 0 Å². The van der Waals surface area contributed by atoms with Crippen molar-refractivity contribution in [2.45, 2.75) is 45.6 Å². The number of hydrogen-bond acceptors (Lipinski definition) is 3. The highest BCUT2D eigenvalue weighted by Crippen LogP contribution is 2.27. The van der Waals surface area contributed by atoms with Gasteiger partial charge in [0, 0.05) is 18.5 Å². The van der Waals surface area contributed by atoms with E-state index in [0.29, 0.717) is 5.75 Å². The molecule has 2 aromatic rings.